The number of hydrogen-bond acceptors (Lipinski definition) is 3. The first kappa shape index (κ1) is 16.2. The highest BCUT2D eigenvalue weighted by atomic mass is 16.2. The van der Waals surface area contributed by atoms with E-state index >= 15 is 0 Å². The van der Waals surface area contributed by atoms with Crippen molar-refractivity contribution in [1.29, 1.82) is 0 Å². The molecule has 0 radical (unpaired) electrons. The van der Waals surface area contributed by atoms with Gasteiger partial charge in [-0.3, -0.25) is 14.5 Å². The molecule has 0 bridgehead atoms. The highest BCUT2D eigenvalue weighted by Crippen LogP contribution is 2.26. The average Bonchev–Trinajstić information content (AvgIpc) is 2.47. The van der Waals surface area contributed by atoms with Gasteiger partial charge in [-0.05, 0) is 38.3 Å². The topological polar surface area (TPSA) is 56.4 Å². The summed E-state index contributed by atoms with van der Waals surface area (Å²) in [5.74, 6) is 0.174. The first-order valence-corrected chi connectivity index (χ1v) is 8.75. The van der Waals surface area contributed by atoms with E-state index in [-0.39, 0.29) is 17.4 Å². The molecule has 0 spiro atoms. The molecule has 1 amide bonds. The molecule has 1 aromatic rings. The number of amides is 1. The Labute approximate surface area is 137 Å². The summed E-state index contributed by atoms with van der Waals surface area (Å²) in [7, 11) is 0. The molecule has 0 aromatic carbocycles. The number of hydrogen-bond donors (Lipinski definition) is 1. The lowest BCUT2D eigenvalue weighted by molar-refractivity contribution is 0.00202. The van der Waals surface area contributed by atoms with Gasteiger partial charge in [0.2, 0.25) is 5.56 Å². The van der Waals surface area contributed by atoms with Crippen LogP contribution in [0, 0.1) is 0 Å². The van der Waals surface area contributed by atoms with Crippen LogP contribution in [0.5, 0.6) is 0 Å². The predicted octanol–water partition coefficient (Wildman–Crippen LogP) is 2.20. The number of aromatic amines is 1. The molecule has 3 rings (SSSR count). The zero-order valence-corrected chi connectivity index (χ0v) is 14.3. The fraction of sp³-hybridized carbons (Fsp3) is 0.667. The molecular weight excluding hydrogens is 290 g/mol. The normalized spacial score (nSPS) is 23.1. The zero-order chi connectivity index (χ0) is 16.6. The van der Waals surface area contributed by atoms with Crippen LogP contribution in [0.2, 0.25) is 0 Å². The van der Waals surface area contributed by atoms with Crippen LogP contribution in [0.3, 0.4) is 0 Å². The Morgan fingerprint density at radius 3 is 2.65 bits per heavy atom. The van der Waals surface area contributed by atoms with E-state index in [1.807, 2.05) is 18.7 Å². The third-order valence-electron chi connectivity index (χ3n) is 5.23. The van der Waals surface area contributed by atoms with Gasteiger partial charge in [0.15, 0.2) is 0 Å². The van der Waals surface area contributed by atoms with Crippen LogP contribution in [0.15, 0.2) is 16.9 Å². The van der Waals surface area contributed by atoms with Crippen molar-refractivity contribution < 1.29 is 4.79 Å². The van der Waals surface area contributed by atoms with Crippen LogP contribution in [0.1, 0.15) is 62.0 Å². The van der Waals surface area contributed by atoms with Crippen molar-refractivity contribution in [2.24, 2.45) is 0 Å². The van der Waals surface area contributed by atoms with E-state index in [0.717, 1.165) is 25.3 Å². The van der Waals surface area contributed by atoms with Crippen molar-refractivity contribution in [2.75, 3.05) is 19.6 Å². The number of rotatable bonds is 3. The molecule has 3 heterocycles. The van der Waals surface area contributed by atoms with Crippen molar-refractivity contribution in [3.63, 3.8) is 0 Å². The SMILES string of the molecule is CC(C)c1[nH]c(=O)ccc1C(=O)N1CC(N2CCCCC2C)C1. The van der Waals surface area contributed by atoms with E-state index in [9.17, 15) is 9.59 Å². The molecule has 23 heavy (non-hydrogen) atoms. The molecule has 1 unspecified atom stereocenters. The Hall–Kier alpha value is -1.62. The largest absolute Gasteiger partial charge is 0.335 e. The van der Waals surface area contributed by atoms with Crippen LogP contribution < -0.4 is 5.56 Å². The van der Waals surface area contributed by atoms with Crippen molar-refractivity contribution in [3.8, 4) is 0 Å². The number of carbonyl (C=O) groups is 1. The smallest absolute Gasteiger partial charge is 0.255 e. The van der Waals surface area contributed by atoms with Crippen LogP contribution in [-0.4, -0.2) is 52.4 Å². The fourth-order valence-corrected chi connectivity index (χ4v) is 3.80. The van der Waals surface area contributed by atoms with E-state index < -0.39 is 0 Å². The Bertz CT molecular complexity index is 631. The molecule has 2 aliphatic heterocycles. The van der Waals surface area contributed by atoms with Crippen LogP contribution >= 0.6 is 0 Å². The Morgan fingerprint density at radius 2 is 2.00 bits per heavy atom. The summed E-state index contributed by atoms with van der Waals surface area (Å²) in [6.45, 7) is 9.05. The Kier molecular flexibility index (Phi) is 4.57. The van der Waals surface area contributed by atoms with Gasteiger partial charge in [0.05, 0.1) is 5.56 Å². The van der Waals surface area contributed by atoms with E-state index in [1.54, 1.807) is 6.07 Å². The van der Waals surface area contributed by atoms with Crippen molar-refractivity contribution >= 4 is 5.91 Å². The van der Waals surface area contributed by atoms with Crippen LogP contribution in [-0.2, 0) is 0 Å². The van der Waals surface area contributed by atoms with Gasteiger partial charge in [-0.25, -0.2) is 0 Å². The molecule has 0 aliphatic carbocycles. The molecule has 5 nitrogen and oxygen atoms in total. The first-order chi connectivity index (χ1) is 11.0. The molecular formula is C18H27N3O2. The lowest BCUT2D eigenvalue weighted by atomic mass is 9.96. The summed E-state index contributed by atoms with van der Waals surface area (Å²) in [6, 6.07) is 4.25. The molecule has 2 saturated heterocycles. The standard InChI is InChI=1S/C18H27N3O2/c1-12(2)17-15(7-8-16(22)19-17)18(23)20-10-14(11-20)21-9-5-4-6-13(21)3/h7-8,12-14H,4-6,9-11H2,1-3H3,(H,19,22). The Morgan fingerprint density at radius 1 is 1.26 bits per heavy atom. The molecule has 0 saturated carbocycles. The number of nitrogens with one attached hydrogen (secondary N) is 1. The third-order valence-corrected chi connectivity index (χ3v) is 5.23. The molecule has 5 heteroatoms. The summed E-state index contributed by atoms with van der Waals surface area (Å²) in [4.78, 5) is 31.6. The number of piperidine rings is 1. The van der Waals surface area contributed by atoms with E-state index in [0.29, 0.717) is 17.6 Å². The molecule has 2 fully saturated rings. The minimum absolute atomic E-state index is 0.0471. The molecule has 1 atom stereocenters. The number of H-pyrrole nitrogens is 1. The summed E-state index contributed by atoms with van der Waals surface area (Å²) in [6.07, 6.45) is 3.86. The van der Waals surface area contributed by atoms with Gasteiger partial charge in [0.1, 0.15) is 0 Å². The number of carbonyl (C=O) groups excluding carboxylic acids is 1. The maximum atomic E-state index is 12.8. The van der Waals surface area contributed by atoms with Gasteiger partial charge in [0.25, 0.3) is 5.91 Å². The second-order valence-electron chi connectivity index (χ2n) is 7.25. The first-order valence-electron chi connectivity index (χ1n) is 8.75. The summed E-state index contributed by atoms with van der Waals surface area (Å²) in [5.41, 5.74) is 1.25. The summed E-state index contributed by atoms with van der Waals surface area (Å²) in [5, 5.41) is 0. The van der Waals surface area contributed by atoms with Crippen LogP contribution in [0.25, 0.3) is 0 Å². The van der Waals surface area contributed by atoms with Gasteiger partial charge < -0.3 is 9.88 Å². The average molecular weight is 317 g/mol. The quantitative estimate of drug-likeness (QED) is 0.930. The Balaban J connectivity index is 1.68. The number of likely N-dealkylation sites (tertiary alicyclic amines) is 2. The minimum Gasteiger partial charge on any atom is -0.335 e. The van der Waals surface area contributed by atoms with Gasteiger partial charge in [-0.15, -0.1) is 0 Å². The van der Waals surface area contributed by atoms with Gasteiger partial charge >= 0.3 is 0 Å². The molecule has 2 aliphatic rings. The van der Waals surface area contributed by atoms with E-state index in [4.69, 9.17) is 0 Å². The van der Waals surface area contributed by atoms with Gasteiger partial charge in [-0.2, -0.15) is 0 Å². The summed E-state index contributed by atoms with van der Waals surface area (Å²) >= 11 is 0. The number of pyridine rings is 1. The lowest BCUT2D eigenvalue weighted by Gasteiger charge is -2.49. The monoisotopic (exact) mass is 317 g/mol. The minimum atomic E-state index is -0.145. The highest BCUT2D eigenvalue weighted by molar-refractivity contribution is 5.96. The van der Waals surface area contributed by atoms with Crippen LogP contribution in [0.4, 0.5) is 0 Å². The number of aromatic nitrogens is 1. The number of nitrogens with zero attached hydrogens (tertiary/aromatic N) is 2. The van der Waals surface area contributed by atoms with Gasteiger partial charge in [0, 0.05) is 36.9 Å². The third kappa shape index (κ3) is 3.20. The fourth-order valence-electron chi connectivity index (χ4n) is 3.80. The maximum absolute atomic E-state index is 12.8. The van der Waals surface area contributed by atoms with Crippen molar-refractivity contribution in [1.82, 2.24) is 14.8 Å². The molecule has 126 valence electrons. The second kappa shape index (κ2) is 6.48. The zero-order valence-electron chi connectivity index (χ0n) is 14.3. The van der Waals surface area contributed by atoms with E-state index in [2.05, 4.69) is 16.8 Å². The highest BCUT2D eigenvalue weighted by Gasteiger charge is 2.38. The van der Waals surface area contributed by atoms with Crippen molar-refractivity contribution in [3.05, 3.63) is 33.7 Å². The van der Waals surface area contributed by atoms with Crippen molar-refractivity contribution in [2.45, 2.75) is 58.0 Å². The molecule has 1 N–H and O–H groups in total. The second-order valence-corrected chi connectivity index (χ2v) is 7.25. The predicted molar refractivity (Wildman–Crippen MR) is 90.9 cm³/mol. The van der Waals surface area contributed by atoms with E-state index in [1.165, 1.54) is 25.3 Å². The maximum Gasteiger partial charge on any atom is 0.255 e. The molecule has 1 aromatic heterocycles. The van der Waals surface area contributed by atoms with Gasteiger partial charge in [-0.1, -0.05) is 20.3 Å². The summed E-state index contributed by atoms with van der Waals surface area (Å²) < 4.78 is 0. The lowest BCUT2D eigenvalue weighted by Crippen LogP contribution is -2.63.